The molecule has 0 aromatic heterocycles. The Hall–Kier alpha value is -2.93. The summed E-state index contributed by atoms with van der Waals surface area (Å²) in [6.45, 7) is 2.48. The Morgan fingerprint density at radius 3 is 2.38 bits per heavy atom. The maximum atomic E-state index is 12.2. The van der Waals surface area contributed by atoms with Crippen LogP contribution < -0.4 is 10.6 Å². The molecule has 2 rings (SSSR count). The lowest BCUT2D eigenvalue weighted by Gasteiger charge is -2.25. The summed E-state index contributed by atoms with van der Waals surface area (Å²) in [7, 11) is 3.89. The number of nitrogens with one attached hydrogen (secondary N) is 2. The summed E-state index contributed by atoms with van der Waals surface area (Å²) in [5.41, 5.74) is 2.39. The first-order chi connectivity index (χ1) is 12.4. The van der Waals surface area contributed by atoms with E-state index in [1.165, 1.54) is 17.7 Å². The van der Waals surface area contributed by atoms with Crippen LogP contribution in [0.5, 0.6) is 0 Å². The van der Waals surface area contributed by atoms with Crippen LogP contribution in [0.3, 0.4) is 0 Å². The Morgan fingerprint density at radius 2 is 1.81 bits per heavy atom. The highest BCUT2D eigenvalue weighted by atomic mass is 16.6. The molecule has 0 aliphatic rings. The number of benzene rings is 2. The third-order valence-electron chi connectivity index (χ3n) is 4.20. The summed E-state index contributed by atoms with van der Waals surface area (Å²) in [4.78, 5) is 24.7. The van der Waals surface area contributed by atoms with Gasteiger partial charge in [-0.25, -0.2) is 4.79 Å². The normalized spacial score (nSPS) is 11.8. The van der Waals surface area contributed by atoms with Crippen molar-refractivity contribution in [2.75, 3.05) is 26.0 Å². The van der Waals surface area contributed by atoms with E-state index in [0.717, 1.165) is 12.0 Å². The number of carbonyl (C=O) groups is 1. The summed E-state index contributed by atoms with van der Waals surface area (Å²) in [6.07, 6.45) is 0.976. The van der Waals surface area contributed by atoms with Crippen molar-refractivity contribution >= 4 is 17.4 Å². The van der Waals surface area contributed by atoms with Crippen molar-refractivity contribution in [1.29, 1.82) is 0 Å². The number of hydrogen-bond acceptors (Lipinski definition) is 4. The molecule has 2 aromatic rings. The molecule has 0 spiro atoms. The van der Waals surface area contributed by atoms with Crippen molar-refractivity contribution in [2.24, 2.45) is 0 Å². The SMILES string of the molecule is CCc1ccc(C(CNC(=O)Nc2ccccc2[N+](=O)[O-])N(C)C)cc1. The zero-order valence-corrected chi connectivity index (χ0v) is 15.2. The molecule has 0 aliphatic heterocycles. The van der Waals surface area contributed by atoms with Crippen LogP contribution in [-0.2, 0) is 6.42 Å². The summed E-state index contributed by atoms with van der Waals surface area (Å²) < 4.78 is 0. The first kappa shape index (κ1) is 19.4. The lowest BCUT2D eigenvalue weighted by atomic mass is 10.0. The van der Waals surface area contributed by atoms with E-state index in [4.69, 9.17) is 0 Å². The Balaban J connectivity index is 2.02. The predicted octanol–water partition coefficient (Wildman–Crippen LogP) is 3.58. The van der Waals surface area contributed by atoms with Gasteiger partial charge < -0.3 is 15.5 Å². The number of nitro groups is 1. The molecule has 7 heteroatoms. The van der Waals surface area contributed by atoms with Gasteiger partial charge in [-0.2, -0.15) is 0 Å². The number of nitro benzene ring substituents is 1. The number of anilines is 1. The van der Waals surface area contributed by atoms with Gasteiger partial charge in [0, 0.05) is 12.6 Å². The summed E-state index contributed by atoms with van der Waals surface area (Å²) in [5, 5.41) is 16.4. The van der Waals surface area contributed by atoms with Crippen LogP contribution >= 0.6 is 0 Å². The van der Waals surface area contributed by atoms with E-state index in [9.17, 15) is 14.9 Å². The molecule has 0 saturated carbocycles. The molecule has 7 nitrogen and oxygen atoms in total. The highest BCUT2D eigenvalue weighted by Gasteiger charge is 2.17. The van der Waals surface area contributed by atoms with Gasteiger partial charge >= 0.3 is 6.03 Å². The van der Waals surface area contributed by atoms with Crippen molar-refractivity contribution in [3.63, 3.8) is 0 Å². The minimum absolute atomic E-state index is 0.00239. The van der Waals surface area contributed by atoms with Gasteiger partial charge in [0.05, 0.1) is 11.0 Å². The molecule has 0 radical (unpaired) electrons. The van der Waals surface area contributed by atoms with Crippen LogP contribution in [0.1, 0.15) is 24.1 Å². The largest absolute Gasteiger partial charge is 0.336 e. The van der Waals surface area contributed by atoms with Crippen molar-refractivity contribution in [3.8, 4) is 0 Å². The van der Waals surface area contributed by atoms with E-state index >= 15 is 0 Å². The van der Waals surface area contributed by atoms with E-state index in [1.54, 1.807) is 12.1 Å². The first-order valence-electron chi connectivity index (χ1n) is 8.46. The zero-order chi connectivity index (χ0) is 19.1. The first-order valence-corrected chi connectivity index (χ1v) is 8.46. The number of amides is 2. The Labute approximate surface area is 153 Å². The van der Waals surface area contributed by atoms with E-state index in [0.29, 0.717) is 6.54 Å². The molecule has 1 unspecified atom stereocenters. The van der Waals surface area contributed by atoms with Crippen LogP contribution in [-0.4, -0.2) is 36.5 Å². The van der Waals surface area contributed by atoms with Gasteiger partial charge in [-0.1, -0.05) is 43.3 Å². The highest BCUT2D eigenvalue weighted by Crippen LogP contribution is 2.23. The predicted molar refractivity (Wildman–Crippen MR) is 102 cm³/mol. The fourth-order valence-electron chi connectivity index (χ4n) is 2.67. The third kappa shape index (κ3) is 5.03. The van der Waals surface area contributed by atoms with Crippen LogP contribution in [0.15, 0.2) is 48.5 Å². The maximum Gasteiger partial charge on any atom is 0.319 e. The molecular weight excluding hydrogens is 332 g/mol. The number of carbonyl (C=O) groups excluding carboxylic acids is 1. The molecular formula is C19H24N4O3. The van der Waals surface area contributed by atoms with E-state index < -0.39 is 11.0 Å². The number of likely N-dealkylation sites (N-methyl/N-ethyl adjacent to an activating group) is 1. The second kappa shape index (κ2) is 8.96. The van der Waals surface area contributed by atoms with Crippen LogP contribution in [0.25, 0.3) is 0 Å². The third-order valence-corrected chi connectivity index (χ3v) is 4.20. The number of aryl methyl sites for hydroxylation is 1. The Bertz CT molecular complexity index is 760. The Morgan fingerprint density at radius 1 is 1.15 bits per heavy atom. The molecule has 0 fully saturated rings. The minimum atomic E-state index is -0.520. The average molecular weight is 356 g/mol. The Kier molecular flexibility index (Phi) is 6.68. The summed E-state index contributed by atoms with van der Waals surface area (Å²) in [5.74, 6) is 0. The number of hydrogen-bond donors (Lipinski definition) is 2. The fraction of sp³-hybridized carbons (Fsp3) is 0.316. The fourth-order valence-corrected chi connectivity index (χ4v) is 2.67. The second-order valence-corrected chi connectivity index (χ2v) is 6.18. The summed E-state index contributed by atoms with van der Waals surface area (Å²) >= 11 is 0. The monoisotopic (exact) mass is 356 g/mol. The molecule has 2 N–H and O–H groups in total. The molecule has 138 valence electrons. The average Bonchev–Trinajstić information content (AvgIpc) is 2.62. The molecule has 0 heterocycles. The van der Waals surface area contributed by atoms with Gasteiger partial charge in [0.2, 0.25) is 0 Å². The quantitative estimate of drug-likeness (QED) is 0.586. The molecule has 2 aromatic carbocycles. The van der Waals surface area contributed by atoms with Crippen molar-refractivity contribution in [2.45, 2.75) is 19.4 Å². The number of nitrogens with zero attached hydrogens (tertiary/aromatic N) is 2. The topological polar surface area (TPSA) is 87.5 Å². The lowest BCUT2D eigenvalue weighted by Crippen LogP contribution is -2.37. The van der Waals surface area contributed by atoms with Gasteiger partial charge in [-0.3, -0.25) is 10.1 Å². The molecule has 0 bridgehead atoms. The number of urea groups is 1. The lowest BCUT2D eigenvalue weighted by molar-refractivity contribution is -0.383. The highest BCUT2D eigenvalue weighted by molar-refractivity contribution is 5.91. The maximum absolute atomic E-state index is 12.2. The standard InChI is InChI=1S/C19H24N4O3/c1-4-14-9-11-15(12-10-14)18(22(2)3)13-20-19(24)21-16-7-5-6-8-17(16)23(25)26/h5-12,18H,4,13H2,1-3H3,(H2,20,21,24). The molecule has 1 atom stereocenters. The number of rotatable bonds is 7. The molecule has 26 heavy (non-hydrogen) atoms. The van der Waals surface area contributed by atoms with Gasteiger partial charge in [-0.05, 0) is 37.7 Å². The van der Waals surface area contributed by atoms with Crippen LogP contribution in [0.4, 0.5) is 16.2 Å². The molecule has 0 aliphatic carbocycles. The van der Waals surface area contributed by atoms with Crippen LogP contribution in [0.2, 0.25) is 0 Å². The van der Waals surface area contributed by atoms with Gasteiger partial charge in [0.1, 0.15) is 5.69 Å². The van der Waals surface area contributed by atoms with Crippen LogP contribution in [0, 0.1) is 10.1 Å². The van der Waals surface area contributed by atoms with Gasteiger partial charge in [0.15, 0.2) is 0 Å². The van der Waals surface area contributed by atoms with E-state index in [1.807, 2.05) is 19.0 Å². The van der Waals surface area contributed by atoms with Gasteiger partial charge in [-0.15, -0.1) is 0 Å². The number of para-hydroxylation sites is 2. The zero-order valence-electron chi connectivity index (χ0n) is 15.2. The molecule has 0 saturated heterocycles. The summed E-state index contributed by atoms with van der Waals surface area (Å²) in [6, 6.07) is 13.9. The van der Waals surface area contributed by atoms with Crippen molar-refractivity contribution in [3.05, 3.63) is 69.8 Å². The van der Waals surface area contributed by atoms with Crippen molar-refractivity contribution in [1.82, 2.24) is 10.2 Å². The van der Waals surface area contributed by atoms with E-state index in [-0.39, 0.29) is 17.4 Å². The van der Waals surface area contributed by atoms with Gasteiger partial charge in [0.25, 0.3) is 5.69 Å². The second-order valence-electron chi connectivity index (χ2n) is 6.18. The minimum Gasteiger partial charge on any atom is -0.336 e. The van der Waals surface area contributed by atoms with E-state index in [2.05, 4.69) is 41.8 Å². The molecule has 2 amide bonds. The van der Waals surface area contributed by atoms with Crippen molar-refractivity contribution < 1.29 is 9.72 Å². The smallest absolute Gasteiger partial charge is 0.319 e.